The summed E-state index contributed by atoms with van der Waals surface area (Å²) in [5.41, 5.74) is 0. The van der Waals surface area contributed by atoms with Crippen molar-refractivity contribution < 1.29 is 5.11 Å². The standard InChI is InChI=1S/C12H24OS2/c1-8(2)5-6-11(13)12-7-14-9(3)10(4)15-12/h8-13H,5-7H2,1-4H3. The predicted molar refractivity (Wildman–Crippen MR) is 72.8 cm³/mol. The van der Waals surface area contributed by atoms with Gasteiger partial charge in [-0.25, -0.2) is 0 Å². The van der Waals surface area contributed by atoms with Crippen LogP contribution in [0.15, 0.2) is 0 Å². The highest BCUT2D eigenvalue weighted by molar-refractivity contribution is 8.07. The summed E-state index contributed by atoms with van der Waals surface area (Å²) in [6.45, 7) is 9.02. The summed E-state index contributed by atoms with van der Waals surface area (Å²) in [4.78, 5) is 0. The molecule has 1 rings (SSSR count). The predicted octanol–water partition coefficient (Wildman–Crippen LogP) is 3.41. The zero-order valence-electron chi connectivity index (χ0n) is 10.3. The third-order valence-electron chi connectivity index (χ3n) is 3.04. The Morgan fingerprint density at radius 3 is 2.40 bits per heavy atom. The van der Waals surface area contributed by atoms with Crippen molar-refractivity contribution in [3.8, 4) is 0 Å². The van der Waals surface area contributed by atoms with Gasteiger partial charge in [0.25, 0.3) is 0 Å². The van der Waals surface area contributed by atoms with Gasteiger partial charge >= 0.3 is 0 Å². The molecule has 0 aliphatic carbocycles. The maximum absolute atomic E-state index is 10.1. The van der Waals surface area contributed by atoms with E-state index in [-0.39, 0.29) is 6.10 Å². The van der Waals surface area contributed by atoms with Gasteiger partial charge in [0.15, 0.2) is 0 Å². The summed E-state index contributed by atoms with van der Waals surface area (Å²) in [7, 11) is 0. The van der Waals surface area contributed by atoms with Gasteiger partial charge in [0.2, 0.25) is 0 Å². The summed E-state index contributed by atoms with van der Waals surface area (Å²) < 4.78 is 0. The van der Waals surface area contributed by atoms with E-state index in [1.54, 1.807) is 0 Å². The Bertz CT molecular complexity index is 184. The number of aliphatic hydroxyl groups is 1. The highest BCUT2D eigenvalue weighted by Crippen LogP contribution is 2.37. The van der Waals surface area contributed by atoms with Gasteiger partial charge < -0.3 is 5.11 Å². The van der Waals surface area contributed by atoms with Crippen molar-refractivity contribution in [2.75, 3.05) is 5.75 Å². The van der Waals surface area contributed by atoms with E-state index >= 15 is 0 Å². The summed E-state index contributed by atoms with van der Waals surface area (Å²) in [5, 5.41) is 12.0. The normalized spacial score (nSPS) is 34.4. The van der Waals surface area contributed by atoms with Crippen LogP contribution >= 0.6 is 23.5 Å². The lowest BCUT2D eigenvalue weighted by Crippen LogP contribution is -2.34. The first-order valence-electron chi connectivity index (χ1n) is 5.95. The molecule has 0 bridgehead atoms. The summed E-state index contributed by atoms with van der Waals surface area (Å²) in [6, 6.07) is 0. The van der Waals surface area contributed by atoms with Crippen LogP contribution in [0.2, 0.25) is 0 Å². The van der Waals surface area contributed by atoms with Crippen LogP contribution < -0.4 is 0 Å². The van der Waals surface area contributed by atoms with Gasteiger partial charge in [-0.2, -0.15) is 23.5 Å². The van der Waals surface area contributed by atoms with Gasteiger partial charge in [0.1, 0.15) is 0 Å². The minimum absolute atomic E-state index is 0.0974. The molecule has 1 nitrogen and oxygen atoms in total. The second-order valence-corrected chi connectivity index (χ2v) is 7.99. The molecule has 0 aromatic rings. The van der Waals surface area contributed by atoms with E-state index in [2.05, 4.69) is 27.7 Å². The Morgan fingerprint density at radius 1 is 1.20 bits per heavy atom. The molecule has 90 valence electrons. The van der Waals surface area contributed by atoms with Crippen LogP contribution in [-0.4, -0.2) is 32.7 Å². The van der Waals surface area contributed by atoms with Gasteiger partial charge in [-0.15, -0.1) is 0 Å². The molecule has 1 fully saturated rings. The topological polar surface area (TPSA) is 20.2 Å². The maximum atomic E-state index is 10.1. The SMILES string of the molecule is CC(C)CCC(O)C1CSC(C)C(C)S1. The maximum Gasteiger partial charge on any atom is 0.0667 e. The van der Waals surface area contributed by atoms with E-state index in [0.717, 1.165) is 23.8 Å². The van der Waals surface area contributed by atoms with E-state index < -0.39 is 0 Å². The van der Waals surface area contributed by atoms with Gasteiger partial charge in [-0.3, -0.25) is 0 Å². The molecule has 0 saturated carbocycles. The Hall–Kier alpha value is 0.660. The lowest BCUT2D eigenvalue weighted by molar-refractivity contribution is 0.158. The van der Waals surface area contributed by atoms with Crippen LogP contribution in [0.4, 0.5) is 0 Å². The second kappa shape index (κ2) is 6.41. The minimum atomic E-state index is -0.0974. The van der Waals surface area contributed by atoms with Crippen LogP contribution in [0.1, 0.15) is 40.5 Å². The molecule has 1 saturated heterocycles. The molecule has 0 amide bonds. The molecule has 0 spiro atoms. The first-order chi connectivity index (χ1) is 7.00. The average Bonchev–Trinajstić information content (AvgIpc) is 2.18. The van der Waals surface area contributed by atoms with E-state index in [0.29, 0.717) is 16.4 Å². The second-order valence-electron chi connectivity index (χ2n) is 4.96. The summed E-state index contributed by atoms with van der Waals surface area (Å²) >= 11 is 4.00. The summed E-state index contributed by atoms with van der Waals surface area (Å²) in [6.07, 6.45) is 2.02. The fourth-order valence-electron chi connectivity index (χ4n) is 1.70. The quantitative estimate of drug-likeness (QED) is 0.823. The van der Waals surface area contributed by atoms with Crippen LogP contribution in [0, 0.1) is 5.92 Å². The lowest BCUT2D eigenvalue weighted by Gasteiger charge is -2.34. The van der Waals surface area contributed by atoms with Crippen molar-refractivity contribution in [3.63, 3.8) is 0 Å². The van der Waals surface area contributed by atoms with Gasteiger partial charge in [-0.05, 0) is 18.8 Å². The van der Waals surface area contributed by atoms with Crippen molar-refractivity contribution in [2.45, 2.75) is 62.4 Å². The monoisotopic (exact) mass is 248 g/mol. The smallest absolute Gasteiger partial charge is 0.0667 e. The number of rotatable bonds is 4. The fourth-order valence-corrected chi connectivity index (χ4v) is 4.75. The van der Waals surface area contributed by atoms with Crippen LogP contribution in [0.5, 0.6) is 0 Å². The largest absolute Gasteiger partial charge is 0.392 e. The Labute approximate surface area is 103 Å². The number of hydrogen-bond donors (Lipinski definition) is 1. The number of hydrogen-bond acceptors (Lipinski definition) is 3. The van der Waals surface area contributed by atoms with Crippen LogP contribution in [0.25, 0.3) is 0 Å². The minimum Gasteiger partial charge on any atom is -0.392 e. The zero-order chi connectivity index (χ0) is 11.4. The molecule has 0 radical (unpaired) electrons. The Balaban J connectivity index is 2.30. The average molecular weight is 248 g/mol. The first-order valence-corrected chi connectivity index (χ1v) is 7.95. The molecule has 1 heterocycles. The Morgan fingerprint density at radius 2 is 1.87 bits per heavy atom. The van der Waals surface area contributed by atoms with Crippen LogP contribution in [0.3, 0.4) is 0 Å². The van der Waals surface area contributed by atoms with E-state index in [9.17, 15) is 5.11 Å². The summed E-state index contributed by atoms with van der Waals surface area (Å²) in [5.74, 6) is 1.83. The zero-order valence-corrected chi connectivity index (χ0v) is 11.9. The highest BCUT2D eigenvalue weighted by Gasteiger charge is 2.29. The van der Waals surface area contributed by atoms with Crippen molar-refractivity contribution in [2.24, 2.45) is 5.92 Å². The third-order valence-corrected chi connectivity index (χ3v) is 6.58. The molecule has 4 atom stereocenters. The molecule has 1 N–H and O–H groups in total. The van der Waals surface area contributed by atoms with E-state index in [1.165, 1.54) is 0 Å². The van der Waals surface area contributed by atoms with Crippen molar-refractivity contribution in [1.82, 2.24) is 0 Å². The third kappa shape index (κ3) is 4.58. The van der Waals surface area contributed by atoms with Crippen molar-refractivity contribution in [3.05, 3.63) is 0 Å². The molecule has 1 aliphatic heterocycles. The number of aliphatic hydroxyl groups excluding tert-OH is 1. The molecule has 0 aromatic heterocycles. The van der Waals surface area contributed by atoms with Crippen molar-refractivity contribution in [1.29, 1.82) is 0 Å². The van der Waals surface area contributed by atoms with Gasteiger partial charge in [0, 0.05) is 21.5 Å². The molecule has 3 heteroatoms. The molecular weight excluding hydrogens is 224 g/mol. The van der Waals surface area contributed by atoms with E-state index in [4.69, 9.17) is 0 Å². The number of thioether (sulfide) groups is 2. The molecular formula is C12H24OS2. The molecule has 0 aromatic carbocycles. The fraction of sp³-hybridized carbons (Fsp3) is 1.00. The molecule has 4 unspecified atom stereocenters. The van der Waals surface area contributed by atoms with E-state index in [1.807, 2.05) is 23.5 Å². The van der Waals surface area contributed by atoms with Gasteiger partial charge in [0.05, 0.1) is 6.10 Å². The Kier molecular flexibility index (Phi) is 5.86. The first kappa shape index (κ1) is 13.7. The van der Waals surface area contributed by atoms with Gasteiger partial charge in [-0.1, -0.05) is 27.7 Å². The highest BCUT2D eigenvalue weighted by atomic mass is 32.2. The van der Waals surface area contributed by atoms with Crippen LogP contribution in [-0.2, 0) is 0 Å². The van der Waals surface area contributed by atoms with Crippen molar-refractivity contribution >= 4 is 23.5 Å². The lowest BCUT2D eigenvalue weighted by atomic mass is 10.0. The molecule has 15 heavy (non-hydrogen) atoms. The molecule has 1 aliphatic rings.